The Hall–Kier alpha value is -6.30. The Morgan fingerprint density at radius 3 is 1.59 bits per heavy atom. The third-order valence-corrected chi connectivity index (χ3v) is 10.5. The van der Waals surface area contributed by atoms with Gasteiger partial charge in [0.05, 0.1) is 11.2 Å². The van der Waals surface area contributed by atoms with Gasteiger partial charge in [-0.05, 0) is 23.6 Å². The average Bonchev–Trinajstić information content (AvgIpc) is 3.58. The van der Waals surface area contributed by atoms with Gasteiger partial charge in [0, 0.05) is 64.0 Å². The summed E-state index contributed by atoms with van der Waals surface area (Å²) in [5.41, 5.74) is 5.73. The van der Waals surface area contributed by atoms with E-state index in [1.165, 1.54) is 36.3 Å². The zero-order valence-corrected chi connectivity index (χ0v) is 27.0. The van der Waals surface area contributed by atoms with Crippen molar-refractivity contribution in [2.75, 3.05) is 0 Å². The van der Waals surface area contributed by atoms with E-state index in [1.807, 2.05) is 72.0 Å². The van der Waals surface area contributed by atoms with Gasteiger partial charge in [0.25, 0.3) is 0 Å². The molecule has 0 saturated heterocycles. The summed E-state index contributed by atoms with van der Waals surface area (Å²) in [6.07, 6.45) is 0. The predicted molar refractivity (Wildman–Crippen MR) is 205 cm³/mol. The maximum atomic E-state index is 5.41. The van der Waals surface area contributed by atoms with Gasteiger partial charge in [-0.15, -0.1) is 11.3 Å². The quantitative estimate of drug-likeness (QED) is 0.179. The van der Waals surface area contributed by atoms with Crippen LogP contribution in [0.1, 0.15) is 0 Å². The van der Waals surface area contributed by atoms with E-state index in [4.69, 9.17) is 19.9 Å². The van der Waals surface area contributed by atoms with Gasteiger partial charge in [-0.2, -0.15) is 0 Å². The molecule has 0 unspecified atom stereocenters. The second-order valence-electron chi connectivity index (χ2n) is 12.2. The lowest BCUT2D eigenvalue weighted by molar-refractivity contribution is 1.07. The van der Waals surface area contributed by atoms with Crippen LogP contribution in [0.15, 0.2) is 158 Å². The lowest BCUT2D eigenvalue weighted by Gasteiger charge is -2.15. The third kappa shape index (κ3) is 4.51. The zero-order chi connectivity index (χ0) is 32.3. The standard InChI is InChI=1S/C44H26N4S/c1-3-14-27(15-4-1)42-46-43(28-16-5-2-6-17-28)48-44(47-42)30-19-13-18-29(26-30)40-38-31-20-7-8-21-32(31)41-39(34-23-10-12-25-36(34)49-41)37(38)33-22-9-11-24-35(33)45-40/h1-26H. The Morgan fingerprint density at radius 2 is 0.878 bits per heavy atom. The van der Waals surface area contributed by atoms with Crippen molar-refractivity contribution >= 4 is 64.0 Å². The molecule has 0 saturated carbocycles. The van der Waals surface area contributed by atoms with Crippen LogP contribution in [0.2, 0.25) is 0 Å². The number of thiophene rings is 1. The largest absolute Gasteiger partial charge is 0.247 e. The van der Waals surface area contributed by atoms with Crippen LogP contribution in [-0.2, 0) is 0 Å². The van der Waals surface area contributed by atoms with E-state index < -0.39 is 0 Å². The highest BCUT2D eigenvalue weighted by Gasteiger charge is 2.21. The van der Waals surface area contributed by atoms with Crippen LogP contribution in [0.25, 0.3) is 98.0 Å². The summed E-state index contributed by atoms with van der Waals surface area (Å²) in [5.74, 6) is 1.90. The molecule has 5 heteroatoms. The van der Waals surface area contributed by atoms with Crippen LogP contribution in [0.3, 0.4) is 0 Å². The molecule has 0 amide bonds. The first-order chi connectivity index (χ1) is 24.3. The lowest BCUT2D eigenvalue weighted by Crippen LogP contribution is -2.00. The van der Waals surface area contributed by atoms with Crippen molar-refractivity contribution < 1.29 is 0 Å². The highest BCUT2D eigenvalue weighted by molar-refractivity contribution is 7.27. The Labute approximate surface area is 286 Å². The minimum absolute atomic E-state index is 0.621. The fourth-order valence-corrected chi connectivity index (χ4v) is 8.32. The Bertz CT molecular complexity index is 2820. The predicted octanol–water partition coefficient (Wildman–Crippen LogP) is 11.8. The number of para-hydroxylation sites is 1. The SMILES string of the molecule is c1ccc(-c2nc(-c3ccccc3)nc(-c3cccc(-c4nc5ccccc5c5c4c4ccccc4c4sc6ccccc6c45)c3)n2)cc1. The number of nitrogens with zero attached hydrogens (tertiary/aromatic N) is 4. The highest BCUT2D eigenvalue weighted by atomic mass is 32.1. The van der Waals surface area contributed by atoms with E-state index in [-0.39, 0.29) is 0 Å². The van der Waals surface area contributed by atoms with E-state index in [0.717, 1.165) is 44.2 Å². The molecule has 0 aliphatic heterocycles. The normalized spacial score (nSPS) is 11.7. The Morgan fingerprint density at radius 1 is 0.347 bits per heavy atom. The van der Waals surface area contributed by atoms with Crippen molar-refractivity contribution in [1.82, 2.24) is 19.9 Å². The van der Waals surface area contributed by atoms with E-state index >= 15 is 0 Å². The monoisotopic (exact) mass is 642 g/mol. The third-order valence-electron chi connectivity index (χ3n) is 9.27. The number of aromatic nitrogens is 4. The summed E-state index contributed by atoms with van der Waals surface area (Å²) in [6.45, 7) is 0. The molecule has 0 radical (unpaired) electrons. The van der Waals surface area contributed by atoms with Crippen LogP contribution in [0.5, 0.6) is 0 Å². The molecule has 0 fully saturated rings. The molecule has 49 heavy (non-hydrogen) atoms. The minimum atomic E-state index is 0.621. The lowest BCUT2D eigenvalue weighted by atomic mass is 9.91. The van der Waals surface area contributed by atoms with Gasteiger partial charge >= 0.3 is 0 Å². The number of hydrogen-bond acceptors (Lipinski definition) is 5. The highest BCUT2D eigenvalue weighted by Crippen LogP contribution is 2.48. The van der Waals surface area contributed by atoms with Crippen molar-refractivity contribution in [2.45, 2.75) is 0 Å². The van der Waals surface area contributed by atoms with Gasteiger partial charge in [-0.25, -0.2) is 19.9 Å². The summed E-state index contributed by atoms with van der Waals surface area (Å²) in [7, 11) is 0. The molecule has 4 nitrogen and oxygen atoms in total. The second-order valence-corrected chi connectivity index (χ2v) is 13.2. The second kappa shape index (κ2) is 11.2. The topological polar surface area (TPSA) is 51.6 Å². The summed E-state index contributed by atoms with van der Waals surface area (Å²) < 4.78 is 2.60. The number of hydrogen-bond donors (Lipinski definition) is 0. The van der Waals surface area contributed by atoms with E-state index in [0.29, 0.717) is 17.5 Å². The van der Waals surface area contributed by atoms with Gasteiger partial charge in [-0.3, -0.25) is 0 Å². The number of benzene rings is 7. The Kier molecular flexibility index (Phi) is 6.32. The van der Waals surface area contributed by atoms with Crippen molar-refractivity contribution in [3.05, 3.63) is 158 Å². The summed E-state index contributed by atoms with van der Waals surface area (Å²) >= 11 is 1.87. The summed E-state index contributed by atoms with van der Waals surface area (Å²) in [4.78, 5) is 20.4. The molecule has 10 rings (SSSR count). The number of pyridine rings is 1. The first-order valence-electron chi connectivity index (χ1n) is 16.3. The molecular weight excluding hydrogens is 617 g/mol. The molecule has 3 aromatic heterocycles. The molecule has 0 aliphatic carbocycles. The molecule has 0 aliphatic rings. The molecule has 228 valence electrons. The number of fused-ring (bicyclic) bond motifs is 10. The molecule has 3 heterocycles. The molecule has 7 aromatic carbocycles. The van der Waals surface area contributed by atoms with Crippen LogP contribution in [0.4, 0.5) is 0 Å². The molecule has 0 N–H and O–H groups in total. The minimum Gasteiger partial charge on any atom is -0.247 e. The van der Waals surface area contributed by atoms with Crippen molar-refractivity contribution in [1.29, 1.82) is 0 Å². The molecular formula is C44H26N4S. The number of rotatable bonds is 4. The van der Waals surface area contributed by atoms with Gasteiger partial charge in [-0.1, -0.05) is 140 Å². The van der Waals surface area contributed by atoms with Crippen LogP contribution in [-0.4, -0.2) is 19.9 Å². The van der Waals surface area contributed by atoms with E-state index in [2.05, 4.69) is 97.1 Å². The van der Waals surface area contributed by atoms with E-state index in [9.17, 15) is 0 Å². The molecule has 10 aromatic rings. The van der Waals surface area contributed by atoms with Gasteiger partial charge in [0.2, 0.25) is 0 Å². The van der Waals surface area contributed by atoms with Crippen LogP contribution >= 0.6 is 11.3 Å². The van der Waals surface area contributed by atoms with E-state index in [1.54, 1.807) is 0 Å². The Balaban J connectivity index is 1.28. The van der Waals surface area contributed by atoms with Crippen molar-refractivity contribution in [3.8, 4) is 45.4 Å². The summed E-state index contributed by atoms with van der Waals surface area (Å²) in [6, 6.07) is 54.8. The maximum absolute atomic E-state index is 5.41. The first kappa shape index (κ1) is 27.8. The van der Waals surface area contributed by atoms with Crippen LogP contribution in [0, 0.1) is 0 Å². The summed E-state index contributed by atoms with van der Waals surface area (Å²) in [5, 5.41) is 8.59. The molecule has 0 atom stereocenters. The fraction of sp³-hybridized carbons (Fsp3) is 0. The van der Waals surface area contributed by atoms with Crippen molar-refractivity contribution in [3.63, 3.8) is 0 Å². The van der Waals surface area contributed by atoms with Gasteiger partial charge in [0.15, 0.2) is 17.5 Å². The van der Waals surface area contributed by atoms with Crippen LogP contribution < -0.4 is 0 Å². The zero-order valence-electron chi connectivity index (χ0n) is 26.2. The average molecular weight is 643 g/mol. The smallest absolute Gasteiger partial charge is 0.164 e. The first-order valence-corrected chi connectivity index (χ1v) is 17.1. The maximum Gasteiger partial charge on any atom is 0.164 e. The van der Waals surface area contributed by atoms with Gasteiger partial charge < -0.3 is 0 Å². The molecule has 0 spiro atoms. The molecule has 0 bridgehead atoms. The fourth-order valence-electron chi connectivity index (χ4n) is 7.07. The van der Waals surface area contributed by atoms with Gasteiger partial charge in [0.1, 0.15) is 0 Å². The van der Waals surface area contributed by atoms with Crippen molar-refractivity contribution in [2.24, 2.45) is 0 Å².